The van der Waals surface area contributed by atoms with Crippen LogP contribution in [0.4, 0.5) is 18.9 Å². The molecule has 4 aromatic rings. The molecule has 1 unspecified atom stereocenters. The average molecular weight is 511 g/mol. The fraction of sp³-hybridized carbons (Fsp3) is 0.179. The van der Waals surface area contributed by atoms with Gasteiger partial charge in [-0.15, -0.1) is 0 Å². The molecule has 8 heteroatoms. The van der Waals surface area contributed by atoms with Crippen LogP contribution >= 0.6 is 11.9 Å². The van der Waals surface area contributed by atoms with E-state index < -0.39 is 11.6 Å². The molecular weight excluding hydrogens is 485 g/mol. The number of ether oxygens (including phenoxy) is 1. The van der Waals surface area contributed by atoms with E-state index in [4.69, 9.17) is 4.74 Å². The highest BCUT2D eigenvalue weighted by molar-refractivity contribution is 8.01. The molecule has 5 rings (SSSR count). The van der Waals surface area contributed by atoms with Gasteiger partial charge in [-0.3, -0.25) is 4.98 Å². The first kappa shape index (κ1) is 25.6. The number of hydrogen-bond acceptors (Lipinski definition) is 5. The molecule has 1 aliphatic heterocycles. The summed E-state index contributed by atoms with van der Waals surface area (Å²) in [5, 5.41) is 9.93. The molecule has 4 nitrogen and oxygen atoms in total. The minimum absolute atomic E-state index is 0.297. The normalized spacial score (nSPS) is 14.6. The van der Waals surface area contributed by atoms with Gasteiger partial charge in [-0.1, -0.05) is 66.7 Å². The van der Waals surface area contributed by atoms with E-state index in [1.165, 1.54) is 11.1 Å². The van der Waals surface area contributed by atoms with E-state index in [-0.39, 0.29) is 11.9 Å². The van der Waals surface area contributed by atoms with Gasteiger partial charge in [0.1, 0.15) is 5.75 Å². The van der Waals surface area contributed by atoms with Crippen LogP contribution in [0, 0.1) is 6.92 Å². The lowest BCUT2D eigenvalue weighted by molar-refractivity contribution is -0.0323. The van der Waals surface area contributed by atoms with Gasteiger partial charge in [0, 0.05) is 35.0 Å². The fourth-order valence-corrected chi connectivity index (χ4v) is 4.15. The topological polar surface area (TPSA) is 54.4 Å². The maximum absolute atomic E-state index is 12.4. The number of aliphatic hydroxyl groups excluding tert-OH is 1. The van der Waals surface area contributed by atoms with Gasteiger partial charge >= 0.3 is 5.51 Å². The van der Waals surface area contributed by atoms with Gasteiger partial charge in [0.2, 0.25) is 0 Å². The second-order valence-electron chi connectivity index (χ2n) is 8.16. The summed E-state index contributed by atoms with van der Waals surface area (Å²) in [4.78, 5) is 4.26. The minimum atomic E-state index is -4.36. The van der Waals surface area contributed by atoms with E-state index in [1.807, 2.05) is 37.4 Å². The number of hydrogen-bond donors (Lipinski definition) is 2. The lowest BCUT2D eigenvalue weighted by Crippen LogP contribution is -2.13. The molecule has 0 aliphatic carbocycles. The second-order valence-corrected chi connectivity index (χ2v) is 9.03. The Hall–Kier alpha value is -3.49. The van der Waals surface area contributed by atoms with E-state index in [1.54, 1.807) is 42.5 Å². The van der Waals surface area contributed by atoms with Crippen molar-refractivity contribution in [3.8, 4) is 28.0 Å². The van der Waals surface area contributed by atoms with Crippen LogP contribution in [-0.4, -0.2) is 22.2 Å². The molecule has 1 aromatic heterocycles. The number of aliphatic hydroxyl groups is 1. The van der Waals surface area contributed by atoms with Crippen LogP contribution in [0.25, 0.3) is 22.3 Å². The van der Waals surface area contributed by atoms with Crippen LogP contribution in [0.5, 0.6) is 5.75 Å². The number of nitrogens with one attached hydrogen (secondary N) is 1. The molecular formula is C28H25F3N2O2S. The number of aryl methyl sites for hydroxylation is 1. The molecule has 0 amide bonds. The first-order valence-corrected chi connectivity index (χ1v) is 12.1. The zero-order valence-corrected chi connectivity index (χ0v) is 20.3. The number of aromatic nitrogens is 1. The Morgan fingerprint density at radius 3 is 2.36 bits per heavy atom. The van der Waals surface area contributed by atoms with Crippen molar-refractivity contribution in [3.05, 3.63) is 102 Å². The predicted molar refractivity (Wildman–Crippen MR) is 139 cm³/mol. The number of rotatable bonds is 4. The number of benzene rings is 3. The summed E-state index contributed by atoms with van der Waals surface area (Å²) >= 11 is -0.297. The summed E-state index contributed by atoms with van der Waals surface area (Å²) in [6.07, 6.45) is 1.87. The predicted octanol–water partition coefficient (Wildman–Crippen LogP) is 7.81. The molecule has 2 heterocycles. The van der Waals surface area contributed by atoms with Gasteiger partial charge in [0.05, 0.1) is 30.3 Å². The van der Waals surface area contributed by atoms with E-state index in [0.717, 1.165) is 11.3 Å². The number of para-hydroxylation sites is 1. The Bertz CT molecular complexity index is 1280. The minimum Gasteiger partial charge on any atom is -0.493 e. The number of pyridine rings is 1. The van der Waals surface area contributed by atoms with Crippen LogP contribution in [0.3, 0.4) is 0 Å². The van der Waals surface area contributed by atoms with Crippen molar-refractivity contribution in [1.82, 2.24) is 4.98 Å². The third-order valence-electron chi connectivity index (χ3n) is 5.55. The largest absolute Gasteiger partial charge is 0.493 e. The van der Waals surface area contributed by atoms with Crippen LogP contribution in [0.1, 0.15) is 23.8 Å². The van der Waals surface area contributed by atoms with Gasteiger partial charge in [-0.25, -0.2) is 0 Å². The summed E-state index contributed by atoms with van der Waals surface area (Å²) in [5.74, 6) is 0.569. The SMILES string of the molecule is Cc1ccc(-c2ccccc2)cn1.OC1CCOc2cc(-c3ccccc3NSC(F)(F)F)ccc21. The molecule has 0 spiro atoms. The van der Waals surface area contributed by atoms with E-state index >= 15 is 0 Å². The Kier molecular flexibility index (Phi) is 8.18. The molecule has 3 aromatic carbocycles. The molecule has 0 fully saturated rings. The van der Waals surface area contributed by atoms with Crippen LogP contribution < -0.4 is 9.46 Å². The first-order valence-electron chi connectivity index (χ1n) is 11.3. The molecule has 0 radical (unpaired) electrons. The molecule has 186 valence electrons. The Morgan fingerprint density at radius 1 is 0.917 bits per heavy atom. The second kappa shape index (κ2) is 11.5. The summed E-state index contributed by atoms with van der Waals surface area (Å²) < 4.78 is 45.1. The van der Waals surface area contributed by atoms with Crippen molar-refractivity contribution in [2.75, 3.05) is 11.3 Å². The highest BCUT2D eigenvalue weighted by Crippen LogP contribution is 2.39. The van der Waals surface area contributed by atoms with Gasteiger partial charge in [-0.05, 0) is 36.2 Å². The summed E-state index contributed by atoms with van der Waals surface area (Å²) in [6.45, 7) is 2.41. The van der Waals surface area contributed by atoms with Crippen molar-refractivity contribution < 1.29 is 23.0 Å². The number of nitrogens with zero attached hydrogens (tertiary/aromatic N) is 1. The molecule has 0 saturated carbocycles. The number of anilines is 1. The molecule has 36 heavy (non-hydrogen) atoms. The van der Waals surface area contributed by atoms with E-state index in [2.05, 4.69) is 27.9 Å². The van der Waals surface area contributed by atoms with Crippen molar-refractivity contribution in [3.63, 3.8) is 0 Å². The molecule has 2 N–H and O–H groups in total. The Labute approximate surface area is 212 Å². The van der Waals surface area contributed by atoms with Gasteiger partial charge in [-0.2, -0.15) is 13.2 Å². The van der Waals surface area contributed by atoms with Crippen LogP contribution in [0.15, 0.2) is 91.1 Å². The van der Waals surface area contributed by atoms with Gasteiger partial charge < -0.3 is 14.6 Å². The van der Waals surface area contributed by atoms with E-state index in [0.29, 0.717) is 35.6 Å². The van der Waals surface area contributed by atoms with Crippen molar-refractivity contribution in [1.29, 1.82) is 0 Å². The zero-order chi connectivity index (χ0) is 25.5. The maximum atomic E-state index is 12.4. The molecule has 0 saturated heterocycles. The summed E-state index contributed by atoms with van der Waals surface area (Å²) in [7, 11) is 0. The Morgan fingerprint density at radius 2 is 1.64 bits per heavy atom. The fourth-order valence-electron chi connectivity index (χ4n) is 3.74. The quantitative estimate of drug-likeness (QED) is 0.274. The number of fused-ring (bicyclic) bond motifs is 1. The zero-order valence-electron chi connectivity index (χ0n) is 19.5. The monoisotopic (exact) mass is 510 g/mol. The van der Waals surface area contributed by atoms with Crippen molar-refractivity contribution >= 4 is 17.6 Å². The van der Waals surface area contributed by atoms with Gasteiger partial charge in [0.25, 0.3) is 0 Å². The van der Waals surface area contributed by atoms with Crippen LogP contribution in [0.2, 0.25) is 0 Å². The number of alkyl halides is 3. The summed E-state index contributed by atoms with van der Waals surface area (Å²) in [6, 6.07) is 26.4. The van der Waals surface area contributed by atoms with Crippen molar-refractivity contribution in [2.45, 2.75) is 25.0 Å². The van der Waals surface area contributed by atoms with E-state index in [9.17, 15) is 18.3 Å². The highest BCUT2D eigenvalue weighted by Gasteiger charge is 2.29. The summed E-state index contributed by atoms with van der Waals surface area (Å²) in [5.41, 5.74) is 1.51. The third-order valence-corrected chi connectivity index (χ3v) is 6.11. The standard InChI is InChI=1S/C16H14F3NO2S.C12H11N/c17-16(18,19)23-20-13-4-2-1-3-11(13)10-5-6-12-14(21)7-8-22-15(12)9-10;1-10-7-8-12(9-13-10)11-5-3-2-4-6-11/h1-6,9,14,20-21H,7-8H2;2-9H,1H3. The smallest absolute Gasteiger partial charge is 0.461 e. The molecule has 1 atom stereocenters. The average Bonchev–Trinajstić information content (AvgIpc) is 2.88. The lowest BCUT2D eigenvalue weighted by atomic mass is 9.97. The first-order chi connectivity index (χ1) is 17.3. The maximum Gasteiger partial charge on any atom is 0.461 e. The molecule has 0 bridgehead atoms. The van der Waals surface area contributed by atoms with Crippen LogP contribution in [-0.2, 0) is 0 Å². The lowest BCUT2D eigenvalue weighted by Gasteiger charge is -2.23. The Balaban J connectivity index is 0.000000197. The molecule has 1 aliphatic rings. The van der Waals surface area contributed by atoms with Gasteiger partial charge in [0.15, 0.2) is 0 Å². The number of halogens is 3. The third kappa shape index (κ3) is 6.80. The van der Waals surface area contributed by atoms with Crippen molar-refractivity contribution in [2.24, 2.45) is 0 Å². The highest BCUT2D eigenvalue weighted by atomic mass is 32.2.